The first kappa shape index (κ1) is 22.1. The van der Waals surface area contributed by atoms with Crippen LogP contribution in [-0.4, -0.2) is 6.26 Å². The highest BCUT2D eigenvalue weighted by atomic mass is 32.1. The number of benzene rings is 2. The fourth-order valence-corrected chi connectivity index (χ4v) is 1.56. The summed E-state index contributed by atoms with van der Waals surface area (Å²) < 4.78 is 0. The monoisotopic (exact) mass is 304 g/mol. The molecule has 0 spiro atoms. The Hall–Kier alpha value is -1.21. The Morgan fingerprint density at radius 3 is 1.43 bits per heavy atom. The van der Waals surface area contributed by atoms with Gasteiger partial charge < -0.3 is 0 Å². The number of rotatable bonds is 2. The van der Waals surface area contributed by atoms with Crippen molar-refractivity contribution in [2.75, 3.05) is 6.26 Å². The minimum atomic E-state index is 1.11. The molecule has 0 saturated carbocycles. The van der Waals surface area contributed by atoms with Crippen LogP contribution in [0.2, 0.25) is 0 Å². The Bertz CT molecular complexity index is 404. The summed E-state index contributed by atoms with van der Waals surface area (Å²) in [4.78, 5) is 0. The van der Waals surface area contributed by atoms with Gasteiger partial charge in [0.2, 0.25) is 0 Å². The van der Waals surface area contributed by atoms with Gasteiger partial charge in [0.05, 0.1) is 0 Å². The normalized spacial score (nSPS) is 8.14. The molecule has 0 aliphatic heterocycles. The van der Waals surface area contributed by atoms with Gasteiger partial charge in [-0.3, -0.25) is 0 Å². The van der Waals surface area contributed by atoms with E-state index in [9.17, 15) is 0 Å². The molecular weight excluding hydrogens is 272 g/mol. The van der Waals surface area contributed by atoms with Crippen LogP contribution in [0.25, 0.3) is 11.1 Å². The van der Waals surface area contributed by atoms with Gasteiger partial charge in [-0.2, -0.15) is 12.6 Å². The molecule has 0 atom stereocenters. The Morgan fingerprint density at radius 2 is 1.05 bits per heavy atom. The van der Waals surface area contributed by atoms with E-state index in [1.165, 1.54) is 23.1 Å². The quantitative estimate of drug-likeness (QED) is 0.573. The van der Waals surface area contributed by atoms with Crippen LogP contribution in [0.3, 0.4) is 0 Å². The summed E-state index contributed by atoms with van der Waals surface area (Å²) in [6, 6.07) is 19.2. The molecule has 0 heterocycles. The van der Waals surface area contributed by atoms with Crippen molar-refractivity contribution in [3.8, 4) is 11.1 Å². The predicted molar refractivity (Wildman–Crippen MR) is 103 cm³/mol. The molecule has 0 aromatic heterocycles. The smallest absolute Gasteiger partial charge is 0.0184 e. The van der Waals surface area contributed by atoms with Gasteiger partial charge in [-0.25, -0.2) is 0 Å². The van der Waals surface area contributed by atoms with E-state index in [0.29, 0.717) is 0 Å². The topological polar surface area (TPSA) is 0 Å². The average Bonchev–Trinajstić information content (AvgIpc) is 2.60. The van der Waals surface area contributed by atoms with Crippen LogP contribution in [0.15, 0.2) is 54.6 Å². The molecular formula is C20H32S. The Labute approximate surface area is 138 Å². The number of thiol groups is 1. The second-order valence-corrected chi connectivity index (χ2v) is 4.12. The molecule has 2 rings (SSSR count). The zero-order valence-electron chi connectivity index (χ0n) is 14.6. The molecule has 0 aliphatic carbocycles. The van der Waals surface area contributed by atoms with Crippen molar-refractivity contribution in [1.29, 1.82) is 0 Å². The predicted octanol–water partition coefficient (Wildman–Crippen LogP) is 6.90. The molecule has 0 nitrogen and oxygen atoms in total. The van der Waals surface area contributed by atoms with Gasteiger partial charge >= 0.3 is 0 Å². The van der Waals surface area contributed by atoms with Crippen molar-refractivity contribution in [3.05, 3.63) is 60.2 Å². The number of hydrogen-bond donors (Lipinski definition) is 1. The molecule has 118 valence electrons. The van der Waals surface area contributed by atoms with E-state index in [-0.39, 0.29) is 0 Å². The summed E-state index contributed by atoms with van der Waals surface area (Å²) in [7, 11) is 0. The van der Waals surface area contributed by atoms with Crippen LogP contribution in [0.5, 0.6) is 0 Å². The zero-order valence-corrected chi connectivity index (χ0v) is 15.5. The second kappa shape index (κ2) is 16.8. The van der Waals surface area contributed by atoms with E-state index >= 15 is 0 Å². The molecule has 2 aromatic rings. The summed E-state index contributed by atoms with van der Waals surface area (Å²) in [5, 5.41) is 0. The molecule has 0 radical (unpaired) electrons. The molecule has 2 aromatic carbocycles. The van der Waals surface area contributed by atoms with E-state index in [2.05, 4.69) is 81.9 Å². The highest BCUT2D eigenvalue weighted by Gasteiger charge is 1.95. The van der Waals surface area contributed by atoms with Gasteiger partial charge in [0.1, 0.15) is 0 Å². The Kier molecular flexibility index (Phi) is 17.7. The Morgan fingerprint density at radius 1 is 0.667 bits per heavy atom. The molecule has 0 saturated heterocycles. The third-order valence-corrected chi connectivity index (χ3v) is 2.47. The minimum absolute atomic E-state index is 1.11. The first-order valence-corrected chi connectivity index (χ1v) is 8.80. The maximum Gasteiger partial charge on any atom is -0.0184 e. The molecule has 0 bridgehead atoms. The summed E-state index contributed by atoms with van der Waals surface area (Å²) in [5.41, 5.74) is 3.97. The van der Waals surface area contributed by atoms with Gasteiger partial charge in [0.15, 0.2) is 0 Å². The molecule has 1 heteroatoms. The van der Waals surface area contributed by atoms with E-state index in [4.69, 9.17) is 0 Å². The van der Waals surface area contributed by atoms with Crippen LogP contribution < -0.4 is 0 Å². The van der Waals surface area contributed by atoms with Crippen molar-refractivity contribution in [2.45, 2.75) is 47.5 Å². The second-order valence-electron chi connectivity index (χ2n) is 4.12. The molecule has 0 amide bonds. The lowest BCUT2D eigenvalue weighted by molar-refractivity contribution is 1.09. The lowest BCUT2D eigenvalue weighted by Gasteiger charge is -2.02. The highest BCUT2D eigenvalue weighted by molar-refractivity contribution is 7.79. The zero-order chi connectivity index (χ0) is 16.5. The number of aryl methyl sites for hydroxylation is 1. The molecule has 0 fully saturated rings. The summed E-state index contributed by atoms with van der Waals surface area (Å²) >= 11 is 3.53. The minimum Gasteiger partial charge on any atom is -0.183 e. The highest BCUT2D eigenvalue weighted by Crippen LogP contribution is 2.19. The fraction of sp³-hybridized carbons (Fsp3) is 0.400. The lowest BCUT2D eigenvalue weighted by atomic mass is 10.0. The SMILES string of the molecule is CC.CCC.CCc1ccc(-c2ccccc2)cc1.CS. The molecule has 0 N–H and O–H groups in total. The summed E-state index contributed by atoms with van der Waals surface area (Å²) in [6.07, 6.45) is 4.05. The average molecular weight is 305 g/mol. The van der Waals surface area contributed by atoms with Gasteiger partial charge in [-0.15, -0.1) is 0 Å². The van der Waals surface area contributed by atoms with Crippen LogP contribution in [0.1, 0.15) is 46.6 Å². The summed E-state index contributed by atoms with van der Waals surface area (Å²) in [5.74, 6) is 0. The van der Waals surface area contributed by atoms with E-state index in [0.717, 1.165) is 6.42 Å². The van der Waals surface area contributed by atoms with Crippen molar-refractivity contribution in [1.82, 2.24) is 0 Å². The largest absolute Gasteiger partial charge is 0.183 e. The van der Waals surface area contributed by atoms with Gasteiger partial charge in [-0.05, 0) is 29.4 Å². The summed E-state index contributed by atoms with van der Waals surface area (Å²) in [6.45, 7) is 10.4. The number of hydrogen-bond acceptors (Lipinski definition) is 1. The molecule has 0 unspecified atom stereocenters. The van der Waals surface area contributed by atoms with Crippen molar-refractivity contribution < 1.29 is 0 Å². The van der Waals surface area contributed by atoms with Crippen LogP contribution in [-0.2, 0) is 6.42 Å². The third-order valence-electron chi connectivity index (χ3n) is 2.47. The van der Waals surface area contributed by atoms with Gasteiger partial charge in [0.25, 0.3) is 0 Å². The third kappa shape index (κ3) is 10.2. The van der Waals surface area contributed by atoms with Crippen molar-refractivity contribution in [2.24, 2.45) is 0 Å². The van der Waals surface area contributed by atoms with Crippen molar-refractivity contribution >= 4 is 12.6 Å². The van der Waals surface area contributed by atoms with E-state index in [1.54, 1.807) is 6.26 Å². The Balaban J connectivity index is 0. The maximum absolute atomic E-state index is 3.53. The first-order chi connectivity index (χ1) is 10.3. The van der Waals surface area contributed by atoms with Crippen LogP contribution in [0.4, 0.5) is 0 Å². The van der Waals surface area contributed by atoms with Gasteiger partial charge in [0, 0.05) is 0 Å². The standard InChI is InChI=1S/C14H14.C3H8.C2H6.CH4S/c1-2-12-8-10-14(11-9-12)13-6-4-3-5-7-13;1-3-2;2*1-2/h3-11H,2H2,1H3;3H2,1-2H3;1-2H3;2H,1H3. The van der Waals surface area contributed by atoms with Crippen molar-refractivity contribution in [3.63, 3.8) is 0 Å². The van der Waals surface area contributed by atoms with Crippen LogP contribution in [0, 0.1) is 0 Å². The fourth-order valence-electron chi connectivity index (χ4n) is 1.56. The van der Waals surface area contributed by atoms with Gasteiger partial charge in [-0.1, -0.05) is 95.6 Å². The van der Waals surface area contributed by atoms with E-state index in [1.807, 2.05) is 19.9 Å². The molecule has 0 aliphatic rings. The molecule has 21 heavy (non-hydrogen) atoms. The van der Waals surface area contributed by atoms with Crippen LogP contribution >= 0.6 is 12.6 Å². The van der Waals surface area contributed by atoms with E-state index < -0.39 is 0 Å². The maximum atomic E-state index is 3.53. The first-order valence-electron chi connectivity index (χ1n) is 7.90. The lowest BCUT2D eigenvalue weighted by Crippen LogP contribution is -1.80.